The number of ether oxygens (including phenoxy) is 1. The zero-order chi connectivity index (χ0) is 19.1. The molecule has 3 rings (SSSR count). The number of benzene rings is 3. The van der Waals surface area contributed by atoms with E-state index in [-0.39, 0.29) is 5.91 Å². The number of nitrogens with one attached hydrogen (secondary N) is 1. The van der Waals surface area contributed by atoms with Crippen LogP contribution in [-0.2, 0) is 0 Å². The molecule has 3 aromatic carbocycles. The fourth-order valence-corrected chi connectivity index (χ4v) is 2.38. The van der Waals surface area contributed by atoms with E-state index in [1.54, 1.807) is 60.7 Å². The molecule has 27 heavy (non-hydrogen) atoms. The molecule has 0 aromatic heterocycles. The molecular formula is C22H18N2O3. The fourth-order valence-electron chi connectivity index (χ4n) is 2.38. The summed E-state index contributed by atoms with van der Waals surface area (Å²) in [5.74, 6) is -0.252. The molecule has 1 amide bonds. The van der Waals surface area contributed by atoms with Crippen LogP contribution in [0.25, 0.3) is 0 Å². The lowest BCUT2D eigenvalue weighted by Crippen LogP contribution is -2.17. The van der Waals surface area contributed by atoms with Crippen molar-refractivity contribution in [1.82, 2.24) is 5.43 Å². The molecule has 5 heteroatoms. The van der Waals surface area contributed by atoms with Crippen molar-refractivity contribution in [3.8, 4) is 5.75 Å². The van der Waals surface area contributed by atoms with Gasteiger partial charge in [0, 0.05) is 5.56 Å². The van der Waals surface area contributed by atoms with E-state index < -0.39 is 5.97 Å². The van der Waals surface area contributed by atoms with E-state index in [1.165, 1.54) is 6.21 Å². The summed E-state index contributed by atoms with van der Waals surface area (Å²) in [4.78, 5) is 24.0. The lowest BCUT2D eigenvalue weighted by atomic mass is 10.1. The molecule has 134 valence electrons. The quantitative estimate of drug-likeness (QED) is 0.325. The number of hydrogen-bond donors (Lipinski definition) is 1. The largest absolute Gasteiger partial charge is 0.423 e. The molecule has 0 fully saturated rings. The molecule has 0 saturated carbocycles. The highest BCUT2D eigenvalue weighted by atomic mass is 16.5. The Kier molecular flexibility index (Phi) is 5.74. The summed E-state index contributed by atoms with van der Waals surface area (Å²) >= 11 is 0. The van der Waals surface area contributed by atoms with Crippen LogP contribution in [0.3, 0.4) is 0 Å². The van der Waals surface area contributed by atoms with Crippen molar-refractivity contribution in [1.29, 1.82) is 0 Å². The summed E-state index contributed by atoms with van der Waals surface area (Å²) in [6.07, 6.45) is 1.52. The lowest BCUT2D eigenvalue weighted by molar-refractivity contribution is 0.0734. The molecule has 0 heterocycles. The van der Waals surface area contributed by atoms with Crippen molar-refractivity contribution < 1.29 is 14.3 Å². The average Bonchev–Trinajstić information content (AvgIpc) is 2.70. The third-order valence-electron chi connectivity index (χ3n) is 3.76. The predicted molar refractivity (Wildman–Crippen MR) is 104 cm³/mol. The molecule has 0 spiro atoms. The minimum Gasteiger partial charge on any atom is -0.423 e. The van der Waals surface area contributed by atoms with Crippen LogP contribution in [0.15, 0.2) is 84.0 Å². The van der Waals surface area contributed by atoms with Gasteiger partial charge in [-0.25, -0.2) is 10.2 Å². The van der Waals surface area contributed by atoms with Crippen LogP contribution in [0.4, 0.5) is 0 Å². The number of esters is 1. The third-order valence-corrected chi connectivity index (χ3v) is 3.76. The van der Waals surface area contributed by atoms with Crippen molar-refractivity contribution in [2.45, 2.75) is 6.92 Å². The molecule has 1 N–H and O–H groups in total. The Balaban J connectivity index is 1.57. The zero-order valence-corrected chi connectivity index (χ0v) is 14.8. The second kappa shape index (κ2) is 8.58. The van der Waals surface area contributed by atoms with Gasteiger partial charge in [0.2, 0.25) is 0 Å². The van der Waals surface area contributed by atoms with Crippen molar-refractivity contribution >= 4 is 18.1 Å². The summed E-state index contributed by atoms with van der Waals surface area (Å²) < 4.78 is 5.36. The lowest BCUT2D eigenvalue weighted by Gasteiger charge is -2.05. The summed E-state index contributed by atoms with van der Waals surface area (Å²) in [6.45, 7) is 1.92. The highest BCUT2D eigenvalue weighted by Crippen LogP contribution is 2.14. The Morgan fingerprint density at radius 1 is 0.889 bits per heavy atom. The molecular weight excluding hydrogens is 340 g/mol. The Morgan fingerprint density at radius 3 is 2.30 bits per heavy atom. The van der Waals surface area contributed by atoms with E-state index >= 15 is 0 Å². The number of carbonyl (C=O) groups excluding carboxylic acids is 2. The molecule has 0 aliphatic carbocycles. The van der Waals surface area contributed by atoms with Gasteiger partial charge in [-0.2, -0.15) is 5.10 Å². The van der Waals surface area contributed by atoms with E-state index in [0.717, 1.165) is 11.1 Å². The molecule has 5 nitrogen and oxygen atoms in total. The topological polar surface area (TPSA) is 67.8 Å². The Hall–Kier alpha value is -3.73. The Bertz CT molecular complexity index is 964. The van der Waals surface area contributed by atoms with Gasteiger partial charge in [-0.15, -0.1) is 0 Å². The van der Waals surface area contributed by atoms with Crippen molar-refractivity contribution in [2.75, 3.05) is 0 Å². The maximum absolute atomic E-state index is 12.1. The van der Waals surface area contributed by atoms with E-state index in [4.69, 9.17) is 4.74 Å². The van der Waals surface area contributed by atoms with E-state index in [9.17, 15) is 9.59 Å². The Labute approximate surface area is 157 Å². The second-order valence-corrected chi connectivity index (χ2v) is 5.89. The van der Waals surface area contributed by atoms with Gasteiger partial charge in [0.25, 0.3) is 5.91 Å². The minimum atomic E-state index is -0.407. The molecule has 0 aliphatic heterocycles. The Morgan fingerprint density at radius 2 is 1.59 bits per heavy atom. The summed E-state index contributed by atoms with van der Waals surface area (Å²) in [5.41, 5.74) is 5.26. The number of nitrogens with zero attached hydrogens (tertiary/aromatic N) is 1. The second-order valence-electron chi connectivity index (χ2n) is 5.89. The van der Waals surface area contributed by atoms with Crippen LogP contribution in [0.2, 0.25) is 0 Å². The molecule has 0 atom stereocenters. The number of amides is 1. The average molecular weight is 358 g/mol. The van der Waals surface area contributed by atoms with Gasteiger partial charge in [-0.3, -0.25) is 4.79 Å². The van der Waals surface area contributed by atoms with Gasteiger partial charge >= 0.3 is 5.97 Å². The van der Waals surface area contributed by atoms with Crippen LogP contribution in [0, 0.1) is 6.92 Å². The normalized spacial score (nSPS) is 10.6. The van der Waals surface area contributed by atoms with Gasteiger partial charge in [-0.1, -0.05) is 35.9 Å². The van der Waals surface area contributed by atoms with Crippen LogP contribution < -0.4 is 10.2 Å². The minimum absolute atomic E-state index is 0.282. The number of carbonyl (C=O) groups is 2. The van der Waals surface area contributed by atoms with Gasteiger partial charge in [0.15, 0.2) is 0 Å². The molecule has 3 aromatic rings. The molecule has 0 unspecified atom stereocenters. The maximum atomic E-state index is 12.1. The van der Waals surface area contributed by atoms with Crippen LogP contribution in [-0.4, -0.2) is 18.1 Å². The highest BCUT2D eigenvalue weighted by molar-refractivity contribution is 5.95. The summed E-state index contributed by atoms with van der Waals surface area (Å²) in [5, 5.41) is 3.93. The summed E-state index contributed by atoms with van der Waals surface area (Å²) in [7, 11) is 0. The van der Waals surface area contributed by atoms with Crippen molar-refractivity contribution in [3.63, 3.8) is 0 Å². The third kappa shape index (κ3) is 5.12. The number of hydrazone groups is 1. The first kappa shape index (κ1) is 18.1. The number of aryl methyl sites for hydroxylation is 1. The van der Waals surface area contributed by atoms with E-state index in [2.05, 4.69) is 10.5 Å². The van der Waals surface area contributed by atoms with E-state index in [0.29, 0.717) is 16.9 Å². The first-order chi connectivity index (χ1) is 13.1. The molecule has 0 radical (unpaired) electrons. The van der Waals surface area contributed by atoms with Crippen LogP contribution in [0.1, 0.15) is 31.8 Å². The smallest absolute Gasteiger partial charge is 0.343 e. The monoisotopic (exact) mass is 358 g/mol. The zero-order valence-electron chi connectivity index (χ0n) is 14.8. The maximum Gasteiger partial charge on any atom is 0.343 e. The number of hydrogen-bond acceptors (Lipinski definition) is 4. The van der Waals surface area contributed by atoms with Gasteiger partial charge in [-0.05, 0) is 61.0 Å². The van der Waals surface area contributed by atoms with Gasteiger partial charge in [0.1, 0.15) is 5.75 Å². The van der Waals surface area contributed by atoms with Gasteiger partial charge < -0.3 is 4.74 Å². The SMILES string of the molecule is Cc1cccc(C(=O)Oc2ccc(C=NNC(=O)c3ccccc3)cc2)c1. The first-order valence-corrected chi connectivity index (χ1v) is 8.39. The van der Waals surface area contributed by atoms with Crippen molar-refractivity contribution in [2.24, 2.45) is 5.10 Å². The molecule has 0 bridgehead atoms. The van der Waals surface area contributed by atoms with Crippen molar-refractivity contribution in [3.05, 3.63) is 101 Å². The summed E-state index contributed by atoms with van der Waals surface area (Å²) in [6, 6.07) is 22.9. The predicted octanol–water partition coefficient (Wildman–Crippen LogP) is 3.98. The molecule has 0 aliphatic rings. The van der Waals surface area contributed by atoms with Gasteiger partial charge in [0.05, 0.1) is 11.8 Å². The number of rotatable bonds is 5. The van der Waals surface area contributed by atoms with E-state index in [1.807, 2.05) is 25.1 Å². The van der Waals surface area contributed by atoms with Crippen LogP contribution in [0.5, 0.6) is 5.75 Å². The standard InChI is InChI=1S/C22H18N2O3/c1-16-6-5-9-19(14-16)22(26)27-20-12-10-17(11-13-20)15-23-24-21(25)18-7-3-2-4-8-18/h2-15H,1H3,(H,24,25). The highest BCUT2D eigenvalue weighted by Gasteiger charge is 2.08. The fraction of sp³-hybridized carbons (Fsp3) is 0.0455. The first-order valence-electron chi connectivity index (χ1n) is 8.39. The van der Waals surface area contributed by atoms with Crippen LogP contribution >= 0.6 is 0 Å². The molecule has 0 saturated heterocycles.